The number of benzene rings is 1. The van der Waals surface area contributed by atoms with Gasteiger partial charge in [0.2, 0.25) is 5.91 Å². The Morgan fingerprint density at radius 2 is 2.12 bits per heavy atom. The van der Waals surface area contributed by atoms with Crippen LogP contribution in [0.15, 0.2) is 24.3 Å². The Morgan fingerprint density at radius 1 is 1.32 bits per heavy atom. The van der Waals surface area contributed by atoms with E-state index in [0.29, 0.717) is 12.2 Å². The molecular weight excluding hydrogens is 346 g/mol. The van der Waals surface area contributed by atoms with Gasteiger partial charge in [-0.15, -0.1) is 11.8 Å². The van der Waals surface area contributed by atoms with E-state index in [-0.39, 0.29) is 24.0 Å². The molecule has 0 spiro atoms. The topological polar surface area (TPSA) is 105 Å². The van der Waals surface area contributed by atoms with E-state index in [0.717, 1.165) is 22.2 Å². The van der Waals surface area contributed by atoms with Gasteiger partial charge in [0.15, 0.2) is 6.61 Å². The molecule has 1 aromatic rings. The van der Waals surface area contributed by atoms with E-state index in [2.05, 4.69) is 10.6 Å². The van der Waals surface area contributed by atoms with Crippen LogP contribution in [0.2, 0.25) is 0 Å². The van der Waals surface area contributed by atoms with Gasteiger partial charge in [0, 0.05) is 18.8 Å². The molecule has 4 amide bonds. The standard InChI is InChI=1S/C16H19N3O5S/c1-11-3-2-4-12(7-11)18-13(20)9-25-10-15(22)24-8-14(21)19-6-5-17-16(19)23/h2-4,7H,5-6,8-10H2,1H3,(H,17,23)(H,18,20). The minimum atomic E-state index is -0.610. The number of urea groups is 1. The summed E-state index contributed by atoms with van der Waals surface area (Å²) >= 11 is 1.09. The summed E-state index contributed by atoms with van der Waals surface area (Å²) in [4.78, 5) is 47.3. The molecule has 0 bridgehead atoms. The molecule has 8 nitrogen and oxygen atoms in total. The number of amides is 4. The van der Waals surface area contributed by atoms with Crippen LogP contribution in [0.1, 0.15) is 5.56 Å². The van der Waals surface area contributed by atoms with Gasteiger partial charge in [-0.3, -0.25) is 19.3 Å². The lowest BCUT2D eigenvalue weighted by Gasteiger charge is -2.12. The molecule has 1 saturated heterocycles. The molecule has 25 heavy (non-hydrogen) atoms. The van der Waals surface area contributed by atoms with Crippen LogP contribution in [0, 0.1) is 6.92 Å². The van der Waals surface area contributed by atoms with Crippen molar-refractivity contribution in [2.75, 3.05) is 36.5 Å². The Labute approximate surface area is 149 Å². The van der Waals surface area contributed by atoms with Crippen molar-refractivity contribution in [3.63, 3.8) is 0 Å². The molecule has 1 aromatic carbocycles. The molecule has 9 heteroatoms. The summed E-state index contributed by atoms with van der Waals surface area (Å²) in [5, 5.41) is 5.22. The van der Waals surface area contributed by atoms with Gasteiger partial charge >= 0.3 is 12.0 Å². The second kappa shape index (κ2) is 9.07. The zero-order chi connectivity index (χ0) is 18.2. The van der Waals surface area contributed by atoms with E-state index in [4.69, 9.17) is 4.74 Å². The molecule has 1 aliphatic rings. The number of thioether (sulfide) groups is 1. The van der Waals surface area contributed by atoms with E-state index in [1.54, 1.807) is 6.07 Å². The fourth-order valence-electron chi connectivity index (χ4n) is 2.12. The highest BCUT2D eigenvalue weighted by Crippen LogP contribution is 2.10. The normalized spacial score (nSPS) is 13.3. The van der Waals surface area contributed by atoms with E-state index >= 15 is 0 Å². The largest absolute Gasteiger partial charge is 0.455 e. The first kappa shape index (κ1) is 18.8. The van der Waals surface area contributed by atoms with Crippen molar-refractivity contribution in [2.24, 2.45) is 0 Å². The maximum Gasteiger partial charge on any atom is 0.324 e. The third-order valence-corrected chi connectivity index (χ3v) is 4.18. The maximum absolute atomic E-state index is 11.8. The molecule has 0 aromatic heterocycles. The second-order valence-electron chi connectivity index (χ2n) is 5.35. The molecule has 1 aliphatic heterocycles. The first-order chi connectivity index (χ1) is 12.0. The molecule has 0 radical (unpaired) electrons. The molecule has 0 unspecified atom stereocenters. The minimum absolute atomic E-state index is 0.0548. The molecule has 1 heterocycles. The predicted molar refractivity (Wildman–Crippen MR) is 93.2 cm³/mol. The van der Waals surface area contributed by atoms with Gasteiger partial charge in [-0.2, -0.15) is 0 Å². The van der Waals surface area contributed by atoms with Gasteiger partial charge in [0.25, 0.3) is 5.91 Å². The highest BCUT2D eigenvalue weighted by Gasteiger charge is 2.26. The molecular formula is C16H19N3O5S. The number of rotatable bonds is 7. The Bertz CT molecular complexity index is 679. The number of esters is 1. The van der Waals surface area contributed by atoms with Gasteiger partial charge in [-0.1, -0.05) is 12.1 Å². The summed E-state index contributed by atoms with van der Waals surface area (Å²) in [6, 6.07) is 6.91. The Hall–Kier alpha value is -2.55. The lowest BCUT2D eigenvalue weighted by Crippen LogP contribution is -2.37. The lowest BCUT2D eigenvalue weighted by molar-refractivity contribution is -0.148. The summed E-state index contributed by atoms with van der Waals surface area (Å²) in [5.74, 6) is -1.37. The number of imide groups is 1. The van der Waals surface area contributed by atoms with Crippen LogP contribution in [-0.4, -0.2) is 59.9 Å². The number of anilines is 1. The van der Waals surface area contributed by atoms with E-state index < -0.39 is 24.5 Å². The molecule has 0 saturated carbocycles. The fourth-order valence-corrected chi connectivity index (χ4v) is 2.73. The number of ether oxygens (including phenoxy) is 1. The Kier molecular flexibility index (Phi) is 6.81. The van der Waals surface area contributed by atoms with Crippen LogP contribution in [-0.2, 0) is 19.1 Å². The molecule has 134 valence electrons. The number of carbonyl (C=O) groups is 4. The van der Waals surface area contributed by atoms with Crippen LogP contribution < -0.4 is 10.6 Å². The van der Waals surface area contributed by atoms with Crippen LogP contribution in [0.3, 0.4) is 0 Å². The Balaban J connectivity index is 1.62. The van der Waals surface area contributed by atoms with Gasteiger partial charge in [-0.05, 0) is 24.6 Å². The van der Waals surface area contributed by atoms with Crippen LogP contribution in [0.25, 0.3) is 0 Å². The van der Waals surface area contributed by atoms with Crippen molar-refractivity contribution < 1.29 is 23.9 Å². The number of hydrogen-bond acceptors (Lipinski definition) is 6. The number of carbonyl (C=O) groups excluding carboxylic acids is 4. The summed E-state index contributed by atoms with van der Waals surface area (Å²) < 4.78 is 4.82. The van der Waals surface area contributed by atoms with Crippen LogP contribution in [0.4, 0.5) is 10.5 Å². The van der Waals surface area contributed by atoms with Gasteiger partial charge in [0.05, 0.1) is 11.5 Å². The summed E-state index contributed by atoms with van der Waals surface area (Å²) in [6.07, 6.45) is 0. The summed E-state index contributed by atoms with van der Waals surface area (Å²) in [7, 11) is 0. The predicted octanol–water partition coefficient (Wildman–Crippen LogP) is 0.762. The van der Waals surface area contributed by atoms with Gasteiger partial charge < -0.3 is 15.4 Å². The Morgan fingerprint density at radius 3 is 2.80 bits per heavy atom. The summed E-state index contributed by atoms with van der Waals surface area (Å²) in [6.45, 7) is 2.10. The first-order valence-electron chi connectivity index (χ1n) is 7.64. The smallest absolute Gasteiger partial charge is 0.324 e. The maximum atomic E-state index is 11.8. The number of aryl methyl sites for hydroxylation is 1. The molecule has 2 rings (SSSR count). The minimum Gasteiger partial charge on any atom is -0.455 e. The quantitative estimate of drug-likeness (QED) is 0.692. The third-order valence-electron chi connectivity index (χ3n) is 3.27. The molecule has 1 fully saturated rings. The van der Waals surface area contributed by atoms with E-state index in [1.807, 2.05) is 25.1 Å². The average molecular weight is 365 g/mol. The molecule has 2 N–H and O–H groups in total. The zero-order valence-corrected chi connectivity index (χ0v) is 14.6. The second-order valence-corrected chi connectivity index (χ2v) is 6.33. The third kappa shape index (κ3) is 6.11. The fraction of sp³-hybridized carbons (Fsp3) is 0.375. The van der Waals surface area contributed by atoms with E-state index in [9.17, 15) is 19.2 Å². The molecule has 0 aliphatic carbocycles. The first-order valence-corrected chi connectivity index (χ1v) is 8.79. The number of nitrogens with one attached hydrogen (secondary N) is 2. The highest BCUT2D eigenvalue weighted by atomic mass is 32.2. The summed E-state index contributed by atoms with van der Waals surface area (Å²) in [5.41, 5.74) is 1.73. The van der Waals surface area contributed by atoms with Crippen LogP contribution >= 0.6 is 11.8 Å². The number of nitrogens with zero attached hydrogens (tertiary/aromatic N) is 1. The van der Waals surface area contributed by atoms with Crippen molar-refractivity contribution in [2.45, 2.75) is 6.92 Å². The highest BCUT2D eigenvalue weighted by molar-refractivity contribution is 8.00. The SMILES string of the molecule is Cc1cccc(NC(=O)CSCC(=O)OCC(=O)N2CCNC2=O)c1. The van der Waals surface area contributed by atoms with Crippen molar-refractivity contribution in [3.05, 3.63) is 29.8 Å². The van der Waals surface area contributed by atoms with Crippen molar-refractivity contribution in [1.29, 1.82) is 0 Å². The molecule has 0 atom stereocenters. The zero-order valence-electron chi connectivity index (χ0n) is 13.7. The van der Waals surface area contributed by atoms with Gasteiger partial charge in [0.1, 0.15) is 0 Å². The van der Waals surface area contributed by atoms with Crippen molar-refractivity contribution in [3.8, 4) is 0 Å². The van der Waals surface area contributed by atoms with E-state index in [1.165, 1.54) is 0 Å². The lowest BCUT2D eigenvalue weighted by atomic mass is 10.2. The van der Waals surface area contributed by atoms with Gasteiger partial charge in [-0.25, -0.2) is 4.79 Å². The number of hydrogen-bond donors (Lipinski definition) is 2. The monoisotopic (exact) mass is 365 g/mol. The van der Waals surface area contributed by atoms with Crippen molar-refractivity contribution >= 4 is 41.3 Å². The van der Waals surface area contributed by atoms with Crippen molar-refractivity contribution in [1.82, 2.24) is 10.2 Å². The van der Waals surface area contributed by atoms with Crippen LogP contribution in [0.5, 0.6) is 0 Å². The average Bonchev–Trinajstić information content (AvgIpc) is 2.99.